The zero-order chi connectivity index (χ0) is 19.6. The standard InChI is InChI=1S/C19H25N5O3/c1-4-5-9-24-17-16(18(26)21-19(24)27)23(3)15(20-17)11-22(2)14-8-6-7-13(10-14)12-25/h6-8,10,25H,4-5,9,11-12H2,1-3H3,(H,21,26,27). The van der Waals surface area contributed by atoms with E-state index in [1.807, 2.05) is 43.1 Å². The lowest BCUT2D eigenvalue weighted by Gasteiger charge is -2.19. The van der Waals surface area contributed by atoms with Gasteiger partial charge in [-0.1, -0.05) is 25.5 Å². The zero-order valence-electron chi connectivity index (χ0n) is 15.9. The highest BCUT2D eigenvalue weighted by atomic mass is 16.3. The van der Waals surface area contributed by atoms with Gasteiger partial charge >= 0.3 is 5.69 Å². The quantitative estimate of drug-likeness (QED) is 0.654. The first-order valence-electron chi connectivity index (χ1n) is 9.05. The summed E-state index contributed by atoms with van der Waals surface area (Å²) < 4.78 is 3.28. The lowest BCUT2D eigenvalue weighted by Crippen LogP contribution is -2.31. The molecular weight excluding hydrogens is 346 g/mol. The van der Waals surface area contributed by atoms with Gasteiger partial charge in [-0.25, -0.2) is 9.78 Å². The molecule has 27 heavy (non-hydrogen) atoms. The van der Waals surface area contributed by atoms with E-state index in [-0.39, 0.29) is 6.61 Å². The predicted octanol–water partition coefficient (Wildman–Crippen LogP) is 1.35. The fraction of sp³-hybridized carbons (Fsp3) is 0.421. The second kappa shape index (κ2) is 7.79. The maximum atomic E-state index is 12.3. The number of imidazole rings is 1. The number of fused-ring (bicyclic) bond motifs is 1. The van der Waals surface area contributed by atoms with Crippen LogP contribution in [0.15, 0.2) is 33.9 Å². The van der Waals surface area contributed by atoms with Crippen molar-refractivity contribution in [2.24, 2.45) is 7.05 Å². The monoisotopic (exact) mass is 371 g/mol. The number of rotatable bonds is 7. The average molecular weight is 371 g/mol. The maximum Gasteiger partial charge on any atom is 0.330 e. The molecule has 0 saturated heterocycles. The topological polar surface area (TPSA) is 96.2 Å². The van der Waals surface area contributed by atoms with Crippen LogP contribution < -0.4 is 16.1 Å². The largest absolute Gasteiger partial charge is 0.392 e. The van der Waals surface area contributed by atoms with Crippen molar-refractivity contribution in [3.8, 4) is 0 Å². The molecule has 2 heterocycles. The van der Waals surface area contributed by atoms with Crippen molar-refractivity contribution in [2.75, 3.05) is 11.9 Å². The number of hydrogen-bond acceptors (Lipinski definition) is 5. The third-order valence-corrected chi connectivity index (χ3v) is 4.75. The Morgan fingerprint density at radius 3 is 2.78 bits per heavy atom. The maximum absolute atomic E-state index is 12.3. The minimum atomic E-state index is -0.422. The van der Waals surface area contributed by atoms with E-state index in [1.54, 1.807) is 11.6 Å². The van der Waals surface area contributed by atoms with Gasteiger partial charge in [0.25, 0.3) is 5.56 Å². The highest BCUT2D eigenvalue weighted by molar-refractivity contribution is 5.71. The molecule has 2 N–H and O–H groups in total. The van der Waals surface area contributed by atoms with E-state index in [1.165, 1.54) is 4.57 Å². The van der Waals surface area contributed by atoms with Gasteiger partial charge in [-0.2, -0.15) is 0 Å². The van der Waals surface area contributed by atoms with Crippen LogP contribution in [0.1, 0.15) is 31.2 Å². The number of aromatic amines is 1. The molecule has 3 aromatic rings. The molecule has 144 valence electrons. The van der Waals surface area contributed by atoms with Crippen LogP contribution in [-0.4, -0.2) is 31.3 Å². The van der Waals surface area contributed by atoms with Gasteiger partial charge in [0, 0.05) is 26.3 Å². The lowest BCUT2D eigenvalue weighted by atomic mass is 10.2. The summed E-state index contributed by atoms with van der Waals surface area (Å²) in [6.45, 7) is 3.01. The van der Waals surface area contributed by atoms with E-state index in [0.29, 0.717) is 30.1 Å². The van der Waals surface area contributed by atoms with Gasteiger partial charge in [0.2, 0.25) is 0 Å². The summed E-state index contributed by atoms with van der Waals surface area (Å²) in [5.41, 5.74) is 1.74. The number of nitrogens with zero attached hydrogens (tertiary/aromatic N) is 4. The summed E-state index contributed by atoms with van der Waals surface area (Å²) in [6.07, 6.45) is 1.78. The first-order valence-corrected chi connectivity index (χ1v) is 9.05. The molecule has 0 atom stereocenters. The Hall–Kier alpha value is -2.87. The minimum absolute atomic E-state index is 0.0208. The number of nitrogens with one attached hydrogen (secondary N) is 1. The lowest BCUT2D eigenvalue weighted by molar-refractivity contribution is 0.282. The Bertz CT molecular complexity index is 1060. The number of anilines is 1. The van der Waals surface area contributed by atoms with E-state index in [4.69, 9.17) is 0 Å². The molecule has 0 aliphatic rings. The molecule has 1 aromatic carbocycles. The predicted molar refractivity (Wildman–Crippen MR) is 105 cm³/mol. The zero-order valence-corrected chi connectivity index (χ0v) is 15.9. The van der Waals surface area contributed by atoms with Crippen molar-refractivity contribution in [1.29, 1.82) is 0 Å². The highest BCUT2D eigenvalue weighted by Crippen LogP contribution is 2.18. The normalized spacial score (nSPS) is 11.3. The van der Waals surface area contributed by atoms with E-state index in [2.05, 4.69) is 9.97 Å². The van der Waals surface area contributed by atoms with Crippen LogP contribution in [0, 0.1) is 0 Å². The molecule has 0 fully saturated rings. The molecule has 0 radical (unpaired) electrons. The number of hydrogen-bond donors (Lipinski definition) is 2. The number of aliphatic hydroxyl groups is 1. The van der Waals surface area contributed by atoms with Crippen LogP contribution in [0.3, 0.4) is 0 Å². The molecule has 0 spiro atoms. The molecular formula is C19H25N5O3. The summed E-state index contributed by atoms with van der Waals surface area (Å²) in [5, 5.41) is 9.33. The average Bonchev–Trinajstić information content (AvgIpc) is 2.98. The van der Waals surface area contributed by atoms with Crippen LogP contribution in [0.2, 0.25) is 0 Å². The van der Waals surface area contributed by atoms with Gasteiger partial charge < -0.3 is 14.6 Å². The number of aryl methyl sites for hydroxylation is 2. The Labute approximate surface area is 156 Å². The van der Waals surface area contributed by atoms with Gasteiger partial charge in [0.1, 0.15) is 5.82 Å². The van der Waals surface area contributed by atoms with Gasteiger partial charge in [-0.05, 0) is 24.1 Å². The van der Waals surface area contributed by atoms with Gasteiger partial charge in [0.15, 0.2) is 11.2 Å². The molecule has 0 bridgehead atoms. The van der Waals surface area contributed by atoms with Crippen molar-refractivity contribution in [2.45, 2.75) is 39.5 Å². The number of H-pyrrole nitrogens is 1. The van der Waals surface area contributed by atoms with Gasteiger partial charge in [-0.3, -0.25) is 14.3 Å². The fourth-order valence-electron chi connectivity index (χ4n) is 3.15. The molecule has 0 saturated carbocycles. The first kappa shape index (κ1) is 18.9. The number of unbranched alkanes of at least 4 members (excludes halogenated alkanes) is 1. The summed E-state index contributed by atoms with van der Waals surface area (Å²) in [6, 6.07) is 7.61. The fourth-order valence-corrected chi connectivity index (χ4v) is 3.15. The van der Waals surface area contributed by atoms with Crippen molar-refractivity contribution in [3.05, 3.63) is 56.5 Å². The van der Waals surface area contributed by atoms with E-state index in [0.717, 1.165) is 24.1 Å². The smallest absolute Gasteiger partial charge is 0.330 e. The SMILES string of the molecule is CCCCn1c(=O)[nH]c(=O)c2c1nc(CN(C)c1cccc(CO)c1)n2C. The van der Waals surface area contributed by atoms with E-state index >= 15 is 0 Å². The highest BCUT2D eigenvalue weighted by Gasteiger charge is 2.17. The van der Waals surface area contributed by atoms with Crippen molar-refractivity contribution >= 4 is 16.9 Å². The first-order chi connectivity index (χ1) is 13.0. The number of aliphatic hydroxyl groups excluding tert-OH is 1. The van der Waals surface area contributed by atoms with Crippen molar-refractivity contribution in [3.63, 3.8) is 0 Å². The Kier molecular flexibility index (Phi) is 5.46. The molecule has 0 aliphatic carbocycles. The summed E-state index contributed by atoms with van der Waals surface area (Å²) in [5.74, 6) is 0.684. The van der Waals surface area contributed by atoms with Crippen molar-refractivity contribution < 1.29 is 5.11 Å². The second-order valence-electron chi connectivity index (χ2n) is 6.71. The number of aromatic nitrogens is 4. The van der Waals surface area contributed by atoms with Gasteiger partial charge in [-0.15, -0.1) is 0 Å². The minimum Gasteiger partial charge on any atom is -0.392 e. The molecule has 8 heteroatoms. The molecule has 3 rings (SSSR count). The van der Waals surface area contributed by atoms with E-state index in [9.17, 15) is 14.7 Å². The molecule has 0 aliphatic heterocycles. The van der Waals surface area contributed by atoms with Crippen LogP contribution >= 0.6 is 0 Å². The Balaban J connectivity index is 2.02. The summed E-state index contributed by atoms with van der Waals surface area (Å²) in [4.78, 5) is 33.5. The molecule has 0 amide bonds. The summed E-state index contributed by atoms with van der Waals surface area (Å²) in [7, 11) is 3.71. The van der Waals surface area contributed by atoms with Crippen LogP contribution in [0.25, 0.3) is 11.2 Å². The Morgan fingerprint density at radius 2 is 2.07 bits per heavy atom. The van der Waals surface area contributed by atoms with Crippen molar-refractivity contribution in [1.82, 2.24) is 19.1 Å². The second-order valence-corrected chi connectivity index (χ2v) is 6.71. The molecule has 0 unspecified atom stereocenters. The third-order valence-electron chi connectivity index (χ3n) is 4.75. The molecule has 8 nitrogen and oxygen atoms in total. The van der Waals surface area contributed by atoms with E-state index < -0.39 is 11.2 Å². The third kappa shape index (κ3) is 3.66. The van der Waals surface area contributed by atoms with Gasteiger partial charge in [0.05, 0.1) is 13.2 Å². The van der Waals surface area contributed by atoms with Crippen LogP contribution in [0.4, 0.5) is 5.69 Å². The van der Waals surface area contributed by atoms with Crippen LogP contribution in [-0.2, 0) is 26.7 Å². The van der Waals surface area contributed by atoms with Crippen LogP contribution in [0.5, 0.6) is 0 Å². The Morgan fingerprint density at radius 1 is 1.30 bits per heavy atom. The number of benzene rings is 1. The summed E-state index contributed by atoms with van der Waals surface area (Å²) >= 11 is 0. The molecule has 2 aromatic heterocycles.